The first-order chi connectivity index (χ1) is 8.43. The summed E-state index contributed by atoms with van der Waals surface area (Å²) >= 11 is 3.25. The molecule has 0 radical (unpaired) electrons. The number of carbonyl (C=O) groups excluding carboxylic acids is 1. The number of hydrogen-bond donors (Lipinski definition) is 2. The quantitative estimate of drug-likeness (QED) is 0.831. The number of halogens is 1. The van der Waals surface area contributed by atoms with Crippen LogP contribution >= 0.6 is 15.9 Å². The van der Waals surface area contributed by atoms with E-state index in [1.165, 1.54) is 13.2 Å². The minimum atomic E-state index is -1.52. The fourth-order valence-corrected chi connectivity index (χ4v) is 2.29. The van der Waals surface area contributed by atoms with Crippen LogP contribution < -0.4 is 4.74 Å². The van der Waals surface area contributed by atoms with Gasteiger partial charge in [0.15, 0.2) is 6.10 Å². The number of ether oxygens (including phenoxy) is 2. The van der Waals surface area contributed by atoms with E-state index >= 15 is 0 Å². The number of rotatable bonds is 4. The van der Waals surface area contributed by atoms with Gasteiger partial charge in [-0.3, -0.25) is 0 Å². The lowest BCUT2D eigenvalue weighted by molar-refractivity contribution is -0.153. The van der Waals surface area contributed by atoms with E-state index in [4.69, 9.17) is 9.47 Å². The summed E-state index contributed by atoms with van der Waals surface area (Å²) in [6.07, 6.45) is -1.52. The highest BCUT2D eigenvalue weighted by Gasteiger charge is 2.25. The van der Waals surface area contributed by atoms with Gasteiger partial charge in [-0.25, -0.2) is 4.79 Å². The highest BCUT2D eigenvalue weighted by molar-refractivity contribution is 9.10. The van der Waals surface area contributed by atoms with Gasteiger partial charge >= 0.3 is 5.97 Å². The van der Waals surface area contributed by atoms with Gasteiger partial charge in [-0.2, -0.15) is 0 Å². The fourth-order valence-electron chi connectivity index (χ4n) is 1.58. The molecule has 6 heteroatoms. The first-order valence-corrected chi connectivity index (χ1v) is 6.13. The smallest absolute Gasteiger partial charge is 0.339 e. The molecule has 0 heterocycles. The maximum atomic E-state index is 11.4. The number of hydrogen-bond acceptors (Lipinski definition) is 5. The van der Waals surface area contributed by atoms with Crippen molar-refractivity contribution in [1.29, 1.82) is 0 Å². The Morgan fingerprint density at radius 3 is 2.67 bits per heavy atom. The van der Waals surface area contributed by atoms with E-state index in [0.717, 1.165) is 0 Å². The molecule has 0 aliphatic rings. The lowest BCUT2D eigenvalue weighted by Crippen LogP contribution is -2.16. The van der Waals surface area contributed by atoms with Crippen LogP contribution in [0.1, 0.15) is 24.2 Å². The predicted octanol–water partition coefficient (Wildman–Crippen LogP) is 2.07. The summed E-state index contributed by atoms with van der Waals surface area (Å²) in [5.41, 5.74) is 0.517. The average molecular weight is 319 g/mol. The predicted molar refractivity (Wildman–Crippen MR) is 68.7 cm³/mol. The Morgan fingerprint density at radius 1 is 1.56 bits per heavy atom. The van der Waals surface area contributed by atoms with E-state index in [2.05, 4.69) is 15.9 Å². The van der Waals surface area contributed by atoms with Gasteiger partial charge in [0.25, 0.3) is 0 Å². The molecule has 5 nitrogen and oxygen atoms in total. The summed E-state index contributed by atoms with van der Waals surface area (Å²) in [6, 6.07) is 1.43. The second-order valence-electron chi connectivity index (χ2n) is 3.61. The van der Waals surface area contributed by atoms with E-state index < -0.39 is 12.1 Å². The molecule has 0 spiro atoms. The van der Waals surface area contributed by atoms with Gasteiger partial charge in [-0.05, 0) is 35.8 Å². The number of methoxy groups -OCH3 is 1. The third kappa shape index (κ3) is 2.76. The standard InChI is InChI=1S/C12H15BrO5/c1-4-18-12(16)10(15)7-5-8(13)11(17-3)6(2)9(7)14/h5,10,14-15H,4H2,1-3H3. The normalized spacial score (nSPS) is 12.1. The molecular formula is C12H15BrO5. The van der Waals surface area contributed by atoms with Crippen molar-refractivity contribution >= 4 is 21.9 Å². The molecule has 1 aromatic rings. The molecule has 0 aliphatic heterocycles. The van der Waals surface area contributed by atoms with Crippen molar-refractivity contribution in [3.05, 3.63) is 21.7 Å². The molecule has 1 unspecified atom stereocenters. The molecular weight excluding hydrogens is 304 g/mol. The molecule has 0 aliphatic carbocycles. The van der Waals surface area contributed by atoms with E-state index in [1.807, 2.05) is 0 Å². The second-order valence-corrected chi connectivity index (χ2v) is 4.46. The van der Waals surface area contributed by atoms with Gasteiger partial charge < -0.3 is 19.7 Å². The minimum Gasteiger partial charge on any atom is -0.507 e. The monoisotopic (exact) mass is 318 g/mol. The number of phenols is 1. The van der Waals surface area contributed by atoms with Gasteiger partial charge in [0.1, 0.15) is 11.5 Å². The molecule has 100 valence electrons. The van der Waals surface area contributed by atoms with Crippen molar-refractivity contribution in [3.8, 4) is 11.5 Å². The third-order valence-corrected chi connectivity index (χ3v) is 3.07. The van der Waals surface area contributed by atoms with Crippen molar-refractivity contribution in [2.45, 2.75) is 20.0 Å². The van der Waals surface area contributed by atoms with Crippen LogP contribution in [0.15, 0.2) is 10.5 Å². The Hall–Kier alpha value is -1.27. The zero-order valence-corrected chi connectivity index (χ0v) is 11.9. The summed E-state index contributed by atoms with van der Waals surface area (Å²) < 4.78 is 10.3. The number of aliphatic hydroxyl groups excluding tert-OH is 1. The van der Waals surface area contributed by atoms with Crippen LogP contribution in [-0.2, 0) is 9.53 Å². The zero-order chi connectivity index (χ0) is 13.9. The average Bonchev–Trinajstić information content (AvgIpc) is 2.34. The third-order valence-electron chi connectivity index (χ3n) is 2.48. The summed E-state index contributed by atoms with van der Waals surface area (Å²) in [7, 11) is 1.47. The topological polar surface area (TPSA) is 76.0 Å². The van der Waals surface area contributed by atoms with Crippen molar-refractivity contribution in [1.82, 2.24) is 0 Å². The van der Waals surface area contributed by atoms with Crippen LogP contribution in [0.5, 0.6) is 11.5 Å². The van der Waals surface area contributed by atoms with Crippen LogP contribution in [0.4, 0.5) is 0 Å². The van der Waals surface area contributed by atoms with Gasteiger partial charge in [-0.15, -0.1) is 0 Å². The first-order valence-electron chi connectivity index (χ1n) is 5.34. The van der Waals surface area contributed by atoms with Gasteiger partial charge in [0.2, 0.25) is 0 Å². The maximum Gasteiger partial charge on any atom is 0.339 e. The summed E-state index contributed by atoms with van der Waals surface area (Å²) in [6.45, 7) is 3.42. The fraction of sp³-hybridized carbons (Fsp3) is 0.417. The molecule has 0 fully saturated rings. The summed E-state index contributed by atoms with van der Waals surface area (Å²) in [5.74, 6) is -0.535. The number of benzene rings is 1. The largest absolute Gasteiger partial charge is 0.507 e. The number of esters is 1. The molecule has 0 bridgehead atoms. The van der Waals surface area contributed by atoms with Crippen molar-refractivity contribution in [3.63, 3.8) is 0 Å². The second kappa shape index (κ2) is 6.06. The highest BCUT2D eigenvalue weighted by atomic mass is 79.9. The van der Waals surface area contributed by atoms with Crippen molar-refractivity contribution in [2.75, 3.05) is 13.7 Å². The summed E-state index contributed by atoms with van der Waals surface area (Å²) in [5, 5.41) is 19.8. The van der Waals surface area contributed by atoms with Crippen LogP contribution in [0.25, 0.3) is 0 Å². The molecule has 0 saturated heterocycles. The Balaban J connectivity index is 3.22. The SMILES string of the molecule is CCOC(=O)C(O)c1cc(Br)c(OC)c(C)c1O. The molecule has 0 aromatic heterocycles. The molecule has 2 N–H and O–H groups in total. The maximum absolute atomic E-state index is 11.4. The number of phenolic OH excluding ortho intramolecular Hbond substituents is 1. The molecule has 18 heavy (non-hydrogen) atoms. The van der Waals surface area contributed by atoms with E-state index in [-0.39, 0.29) is 17.9 Å². The van der Waals surface area contributed by atoms with Gasteiger partial charge in [0, 0.05) is 11.1 Å². The Labute approximate surface area is 113 Å². The Morgan fingerprint density at radius 2 is 2.17 bits per heavy atom. The van der Waals surface area contributed by atoms with E-state index in [0.29, 0.717) is 15.8 Å². The zero-order valence-electron chi connectivity index (χ0n) is 10.4. The molecule has 0 amide bonds. The molecule has 1 atom stereocenters. The van der Waals surface area contributed by atoms with Gasteiger partial charge in [-0.1, -0.05) is 0 Å². The number of carbonyl (C=O) groups is 1. The van der Waals surface area contributed by atoms with Crippen molar-refractivity contribution < 1.29 is 24.5 Å². The Kier molecular flexibility index (Phi) is 4.98. The van der Waals surface area contributed by atoms with Crippen molar-refractivity contribution in [2.24, 2.45) is 0 Å². The first kappa shape index (κ1) is 14.8. The molecule has 1 aromatic carbocycles. The Bertz CT molecular complexity index is 458. The lowest BCUT2D eigenvalue weighted by Gasteiger charge is -2.16. The number of aromatic hydroxyl groups is 1. The minimum absolute atomic E-state index is 0.0821. The molecule has 1 rings (SSSR count). The van der Waals surface area contributed by atoms with E-state index in [1.54, 1.807) is 13.8 Å². The van der Waals surface area contributed by atoms with Crippen LogP contribution in [-0.4, -0.2) is 29.9 Å². The number of aliphatic hydroxyl groups is 1. The summed E-state index contributed by atoms with van der Waals surface area (Å²) in [4.78, 5) is 11.4. The van der Waals surface area contributed by atoms with Crippen LogP contribution in [0.2, 0.25) is 0 Å². The van der Waals surface area contributed by atoms with Gasteiger partial charge in [0.05, 0.1) is 18.2 Å². The van der Waals surface area contributed by atoms with E-state index in [9.17, 15) is 15.0 Å². The lowest BCUT2D eigenvalue weighted by atomic mass is 10.0. The highest BCUT2D eigenvalue weighted by Crippen LogP contribution is 2.39. The molecule has 0 saturated carbocycles. The van der Waals surface area contributed by atoms with Crippen LogP contribution in [0, 0.1) is 6.92 Å². The van der Waals surface area contributed by atoms with Crippen LogP contribution in [0.3, 0.4) is 0 Å².